The maximum Gasteiger partial charge on any atom is 0.0794 e. The third-order valence-corrected chi connectivity index (χ3v) is 3.46. The molecule has 1 N–H and O–H groups in total. The summed E-state index contributed by atoms with van der Waals surface area (Å²) >= 11 is 1.69. The number of nitrogens with one attached hydrogen (secondary N) is 1. The number of aromatic nitrogens is 1. The van der Waals surface area contributed by atoms with Crippen LogP contribution in [0.25, 0.3) is 0 Å². The molecule has 0 spiro atoms. The normalized spacial score (nSPS) is 11.6. The first-order chi connectivity index (χ1) is 7.68. The van der Waals surface area contributed by atoms with Crippen molar-refractivity contribution in [1.82, 2.24) is 10.3 Å². The molecule has 0 unspecified atom stereocenters. The summed E-state index contributed by atoms with van der Waals surface area (Å²) in [6.07, 6.45) is 1.92. The van der Waals surface area contributed by atoms with Crippen LogP contribution in [-0.2, 0) is 12.1 Å². The van der Waals surface area contributed by atoms with Crippen molar-refractivity contribution < 1.29 is 0 Å². The van der Waals surface area contributed by atoms with Crippen molar-refractivity contribution in [3.8, 4) is 0 Å². The predicted molar refractivity (Wildman–Crippen MR) is 68.4 cm³/mol. The molecule has 0 saturated heterocycles. The molecule has 2 aromatic rings. The van der Waals surface area contributed by atoms with Gasteiger partial charge in [-0.2, -0.15) is 0 Å². The van der Waals surface area contributed by atoms with Crippen molar-refractivity contribution in [2.45, 2.75) is 25.9 Å². The molecule has 2 nitrogen and oxygen atoms in total. The summed E-state index contributed by atoms with van der Waals surface area (Å²) in [5.74, 6) is 0. The minimum Gasteiger partial charge on any atom is -0.303 e. The van der Waals surface area contributed by atoms with E-state index in [2.05, 4.69) is 48.4 Å². The fourth-order valence-corrected chi connectivity index (χ4v) is 2.13. The fraction of sp³-hybridized carbons (Fsp3) is 0.308. The van der Waals surface area contributed by atoms with Crippen LogP contribution in [0.3, 0.4) is 0 Å². The summed E-state index contributed by atoms with van der Waals surface area (Å²) < 4.78 is 0. The molecule has 1 aromatic heterocycles. The molecular formula is C13H16N2S. The number of benzene rings is 1. The number of hydrogen-bond acceptors (Lipinski definition) is 3. The summed E-state index contributed by atoms with van der Waals surface area (Å²) in [7, 11) is 0. The highest BCUT2D eigenvalue weighted by Crippen LogP contribution is 2.20. The van der Waals surface area contributed by atoms with E-state index in [4.69, 9.17) is 0 Å². The highest BCUT2D eigenvalue weighted by molar-refractivity contribution is 7.09. The molecule has 3 heteroatoms. The zero-order valence-corrected chi connectivity index (χ0v) is 10.4. The molecule has 2 rings (SSSR count). The summed E-state index contributed by atoms with van der Waals surface area (Å²) in [4.78, 5) is 5.34. The van der Waals surface area contributed by atoms with Gasteiger partial charge in [0.25, 0.3) is 0 Å². The van der Waals surface area contributed by atoms with Crippen LogP contribution >= 0.6 is 11.3 Å². The van der Waals surface area contributed by atoms with E-state index in [1.165, 1.54) is 10.4 Å². The zero-order valence-electron chi connectivity index (χ0n) is 9.60. The first kappa shape index (κ1) is 11.3. The Morgan fingerprint density at radius 3 is 2.62 bits per heavy atom. The monoisotopic (exact) mass is 232 g/mol. The van der Waals surface area contributed by atoms with Gasteiger partial charge in [-0.25, -0.2) is 0 Å². The molecule has 0 saturated carbocycles. The van der Waals surface area contributed by atoms with Crippen molar-refractivity contribution >= 4 is 11.3 Å². The predicted octanol–water partition coefficient (Wildman–Crippen LogP) is 3.17. The number of rotatable bonds is 4. The average Bonchev–Trinajstić information content (AvgIpc) is 2.81. The summed E-state index contributed by atoms with van der Waals surface area (Å²) in [6.45, 7) is 5.26. The largest absolute Gasteiger partial charge is 0.303 e. The summed E-state index contributed by atoms with van der Waals surface area (Å²) in [5.41, 5.74) is 3.16. The lowest BCUT2D eigenvalue weighted by Crippen LogP contribution is -2.35. The Morgan fingerprint density at radius 1 is 1.25 bits per heavy atom. The zero-order chi connectivity index (χ0) is 11.4. The van der Waals surface area contributed by atoms with Crippen LogP contribution in [-0.4, -0.2) is 4.98 Å². The molecule has 0 amide bonds. The minimum absolute atomic E-state index is 0.00868. The molecule has 16 heavy (non-hydrogen) atoms. The Balaban J connectivity index is 2.03. The van der Waals surface area contributed by atoms with Gasteiger partial charge in [0.05, 0.1) is 5.51 Å². The molecule has 0 aliphatic rings. The Kier molecular flexibility index (Phi) is 3.36. The van der Waals surface area contributed by atoms with E-state index < -0.39 is 0 Å². The van der Waals surface area contributed by atoms with Gasteiger partial charge in [-0.1, -0.05) is 30.3 Å². The quantitative estimate of drug-likeness (QED) is 0.876. The van der Waals surface area contributed by atoms with Crippen molar-refractivity contribution in [2.75, 3.05) is 0 Å². The molecule has 0 radical (unpaired) electrons. The second-order valence-corrected chi connectivity index (χ2v) is 5.28. The summed E-state index contributed by atoms with van der Waals surface area (Å²) in [5, 5.41) is 3.55. The third kappa shape index (κ3) is 2.68. The minimum atomic E-state index is -0.00868. The van der Waals surface area contributed by atoms with Gasteiger partial charge in [-0.15, -0.1) is 11.3 Å². The maximum atomic E-state index is 4.07. The molecule has 1 aromatic carbocycles. The van der Waals surface area contributed by atoms with E-state index in [0.717, 1.165) is 6.54 Å². The second-order valence-electron chi connectivity index (χ2n) is 4.31. The van der Waals surface area contributed by atoms with E-state index in [9.17, 15) is 0 Å². The molecule has 0 aliphatic carbocycles. The average molecular weight is 232 g/mol. The third-order valence-electron chi connectivity index (χ3n) is 2.68. The van der Waals surface area contributed by atoms with E-state index in [0.29, 0.717) is 0 Å². The SMILES string of the molecule is CC(C)(NCc1cncs1)c1ccccc1. The molecule has 0 bridgehead atoms. The first-order valence-electron chi connectivity index (χ1n) is 5.36. The van der Waals surface area contributed by atoms with Crippen LogP contribution in [0.15, 0.2) is 42.0 Å². The first-order valence-corrected chi connectivity index (χ1v) is 6.24. The molecule has 1 heterocycles. The lowest BCUT2D eigenvalue weighted by molar-refractivity contribution is 0.403. The number of thiazole rings is 1. The highest BCUT2D eigenvalue weighted by atomic mass is 32.1. The molecule has 0 fully saturated rings. The highest BCUT2D eigenvalue weighted by Gasteiger charge is 2.18. The van der Waals surface area contributed by atoms with Crippen LogP contribution in [0.2, 0.25) is 0 Å². The van der Waals surface area contributed by atoms with Crippen LogP contribution < -0.4 is 5.32 Å². The van der Waals surface area contributed by atoms with Crippen LogP contribution in [0.5, 0.6) is 0 Å². The van der Waals surface area contributed by atoms with Crippen LogP contribution in [0, 0.1) is 0 Å². The van der Waals surface area contributed by atoms with Crippen molar-refractivity contribution in [3.63, 3.8) is 0 Å². The molecule has 0 atom stereocenters. The van der Waals surface area contributed by atoms with Gasteiger partial charge in [-0.3, -0.25) is 4.98 Å². The van der Waals surface area contributed by atoms with Gasteiger partial charge in [0.2, 0.25) is 0 Å². The summed E-state index contributed by atoms with van der Waals surface area (Å²) in [6, 6.07) is 10.5. The Hall–Kier alpha value is -1.19. The molecule has 0 aliphatic heterocycles. The van der Waals surface area contributed by atoms with Gasteiger partial charge < -0.3 is 5.32 Å². The van der Waals surface area contributed by atoms with Gasteiger partial charge >= 0.3 is 0 Å². The van der Waals surface area contributed by atoms with Gasteiger partial charge in [0.1, 0.15) is 0 Å². The molecular weight excluding hydrogens is 216 g/mol. The Labute approximate surface area is 100 Å². The van der Waals surface area contributed by atoms with Crippen LogP contribution in [0.1, 0.15) is 24.3 Å². The maximum absolute atomic E-state index is 4.07. The Morgan fingerprint density at radius 2 is 2.00 bits per heavy atom. The van der Waals surface area contributed by atoms with Crippen LogP contribution in [0.4, 0.5) is 0 Å². The van der Waals surface area contributed by atoms with E-state index in [1.54, 1.807) is 11.3 Å². The lowest BCUT2D eigenvalue weighted by Gasteiger charge is -2.26. The van der Waals surface area contributed by atoms with Gasteiger partial charge in [0, 0.05) is 23.2 Å². The van der Waals surface area contributed by atoms with E-state index in [-0.39, 0.29) is 5.54 Å². The number of nitrogens with zero attached hydrogens (tertiary/aromatic N) is 1. The van der Waals surface area contributed by atoms with Crippen molar-refractivity contribution in [2.24, 2.45) is 0 Å². The lowest BCUT2D eigenvalue weighted by atomic mass is 9.94. The fourth-order valence-electron chi connectivity index (χ4n) is 1.59. The smallest absolute Gasteiger partial charge is 0.0794 e. The Bertz CT molecular complexity index is 420. The van der Waals surface area contributed by atoms with E-state index >= 15 is 0 Å². The second kappa shape index (κ2) is 4.76. The molecule has 84 valence electrons. The standard InChI is InChI=1S/C13H16N2S/c1-13(2,11-6-4-3-5-7-11)15-9-12-8-14-10-16-12/h3-8,10,15H,9H2,1-2H3. The van der Waals surface area contributed by atoms with Crippen molar-refractivity contribution in [3.05, 3.63) is 52.5 Å². The van der Waals surface area contributed by atoms with Gasteiger partial charge in [-0.05, 0) is 19.4 Å². The van der Waals surface area contributed by atoms with E-state index in [1.807, 2.05) is 17.8 Å². The number of hydrogen-bond donors (Lipinski definition) is 1. The van der Waals surface area contributed by atoms with Crippen molar-refractivity contribution in [1.29, 1.82) is 0 Å². The van der Waals surface area contributed by atoms with Gasteiger partial charge in [0.15, 0.2) is 0 Å². The topological polar surface area (TPSA) is 24.9 Å².